The summed E-state index contributed by atoms with van der Waals surface area (Å²) in [7, 11) is 0. The summed E-state index contributed by atoms with van der Waals surface area (Å²) in [5.74, 6) is -2.07. The Kier molecular flexibility index (Phi) is 3.24. The number of hydrogen-bond donors (Lipinski definition) is 0. The van der Waals surface area contributed by atoms with Crippen LogP contribution in [0, 0.1) is 0 Å². The van der Waals surface area contributed by atoms with Crippen LogP contribution >= 0.6 is 0 Å². The fourth-order valence-corrected chi connectivity index (χ4v) is 1.87. The van der Waals surface area contributed by atoms with Gasteiger partial charge < -0.3 is 0 Å². The van der Waals surface area contributed by atoms with Crippen LogP contribution in [0.25, 0.3) is 0 Å². The summed E-state index contributed by atoms with van der Waals surface area (Å²) >= 11 is 0. The molecule has 0 spiro atoms. The summed E-state index contributed by atoms with van der Waals surface area (Å²) in [5.41, 5.74) is -0.926. The Labute approximate surface area is 100 Å². The minimum atomic E-state index is -4.52. The van der Waals surface area contributed by atoms with Gasteiger partial charge in [0, 0.05) is 0 Å². The Morgan fingerprint density at radius 1 is 1.11 bits per heavy atom. The van der Waals surface area contributed by atoms with Gasteiger partial charge in [-0.25, -0.2) is 8.78 Å². The predicted molar refractivity (Wildman–Crippen MR) is 57.4 cm³/mol. The van der Waals surface area contributed by atoms with Crippen molar-refractivity contribution < 1.29 is 22.0 Å². The van der Waals surface area contributed by atoms with Crippen molar-refractivity contribution in [3.05, 3.63) is 59.4 Å². The van der Waals surface area contributed by atoms with E-state index in [4.69, 9.17) is 0 Å². The Balaban J connectivity index is 2.40. The molecule has 5 heteroatoms. The number of rotatable bonds is 1. The average Bonchev–Trinajstić information content (AvgIpc) is 2.28. The number of allylic oxidation sites excluding steroid dienone is 4. The minimum Gasteiger partial charge on any atom is -0.242 e. The van der Waals surface area contributed by atoms with Crippen molar-refractivity contribution in [2.45, 2.75) is 18.3 Å². The van der Waals surface area contributed by atoms with Crippen molar-refractivity contribution in [1.82, 2.24) is 0 Å². The van der Waals surface area contributed by atoms with E-state index in [2.05, 4.69) is 0 Å². The predicted octanol–water partition coefficient (Wildman–Crippen LogP) is 4.55. The molecule has 0 heterocycles. The second kappa shape index (κ2) is 4.55. The second-order valence-electron chi connectivity index (χ2n) is 3.98. The zero-order valence-corrected chi connectivity index (χ0v) is 9.09. The molecule has 0 aromatic heterocycles. The Morgan fingerprint density at radius 2 is 1.83 bits per heavy atom. The van der Waals surface area contributed by atoms with Gasteiger partial charge >= 0.3 is 6.18 Å². The number of hydrogen-bond acceptors (Lipinski definition) is 0. The maximum absolute atomic E-state index is 13.6. The highest BCUT2D eigenvalue weighted by Gasteiger charge is 2.33. The van der Waals surface area contributed by atoms with Crippen LogP contribution in [0.2, 0.25) is 0 Å². The maximum atomic E-state index is 13.6. The molecule has 1 aromatic rings. The molecule has 1 aromatic carbocycles. The van der Waals surface area contributed by atoms with E-state index in [1.807, 2.05) is 0 Å². The van der Waals surface area contributed by atoms with Crippen molar-refractivity contribution in [3.63, 3.8) is 0 Å². The third kappa shape index (κ3) is 2.44. The van der Waals surface area contributed by atoms with E-state index >= 15 is 0 Å². The average molecular weight is 260 g/mol. The SMILES string of the molecule is FC1=CC=CC(F)C1c1cccc(C(F)(F)F)c1. The summed E-state index contributed by atoms with van der Waals surface area (Å²) in [6.45, 7) is 0. The molecule has 0 bridgehead atoms. The first-order valence-electron chi connectivity index (χ1n) is 5.24. The van der Waals surface area contributed by atoms with Crippen LogP contribution < -0.4 is 0 Å². The Hall–Kier alpha value is -1.65. The van der Waals surface area contributed by atoms with Crippen LogP contribution in [-0.2, 0) is 6.18 Å². The minimum absolute atomic E-state index is 0.0181. The molecule has 0 amide bonds. The Morgan fingerprint density at radius 3 is 2.44 bits per heavy atom. The molecule has 0 nitrogen and oxygen atoms in total. The van der Waals surface area contributed by atoms with Crippen LogP contribution in [0.15, 0.2) is 48.3 Å². The molecule has 18 heavy (non-hydrogen) atoms. The molecule has 0 saturated heterocycles. The topological polar surface area (TPSA) is 0 Å². The van der Waals surface area contributed by atoms with Gasteiger partial charge in [-0.05, 0) is 23.8 Å². The van der Waals surface area contributed by atoms with E-state index in [1.54, 1.807) is 0 Å². The van der Waals surface area contributed by atoms with Gasteiger partial charge in [0.05, 0.1) is 11.5 Å². The molecule has 0 N–H and O–H groups in total. The van der Waals surface area contributed by atoms with E-state index in [0.717, 1.165) is 30.4 Å². The number of alkyl halides is 4. The lowest BCUT2D eigenvalue weighted by atomic mass is 9.89. The summed E-state index contributed by atoms with van der Waals surface area (Å²) in [4.78, 5) is 0. The highest BCUT2D eigenvalue weighted by molar-refractivity contribution is 5.37. The van der Waals surface area contributed by atoms with E-state index < -0.39 is 29.7 Å². The van der Waals surface area contributed by atoms with Crippen molar-refractivity contribution >= 4 is 0 Å². The highest BCUT2D eigenvalue weighted by Crippen LogP contribution is 2.37. The first-order valence-corrected chi connectivity index (χ1v) is 5.24. The quantitative estimate of drug-likeness (QED) is 0.650. The van der Waals surface area contributed by atoms with Gasteiger partial charge in [-0.3, -0.25) is 0 Å². The van der Waals surface area contributed by atoms with Crippen LogP contribution in [0.3, 0.4) is 0 Å². The molecule has 0 fully saturated rings. The standard InChI is InChI=1S/C13H9F5/c14-10-5-2-6-11(15)12(10)8-3-1-4-9(7-8)13(16,17)18/h1-7,10,12H. The van der Waals surface area contributed by atoms with Crippen molar-refractivity contribution in [2.24, 2.45) is 0 Å². The lowest BCUT2D eigenvalue weighted by Crippen LogP contribution is -2.16. The highest BCUT2D eigenvalue weighted by atomic mass is 19.4. The third-order valence-electron chi connectivity index (χ3n) is 2.74. The largest absolute Gasteiger partial charge is 0.416 e. The molecule has 2 atom stereocenters. The lowest BCUT2D eigenvalue weighted by molar-refractivity contribution is -0.137. The van der Waals surface area contributed by atoms with Gasteiger partial charge in [-0.1, -0.05) is 24.3 Å². The van der Waals surface area contributed by atoms with Gasteiger partial charge in [-0.2, -0.15) is 13.2 Å². The van der Waals surface area contributed by atoms with Crippen molar-refractivity contribution in [1.29, 1.82) is 0 Å². The van der Waals surface area contributed by atoms with Gasteiger partial charge in [0.2, 0.25) is 0 Å². The molecule has 0 saturated carbocycles. The van der Waals surface area contributed by atoms with Gasteiger partial charge in [0.25, 0.3) is 0 Å². The molecule has 1 aliphatic carbocycles. The van der Waals surface area contributed by atoms with Gasteiger partial charge in [0.15, 0.2) is 0 Å². The fourth-order valence-electron chi connectivity index (χ4n) is 1.87. The Bertz CT molecular complexity index is 498. The number of halogens is 5. The monoisotopic (exact) mass is 260 g/mol. The summed E-state index contributed by atoms with van der Waals surface area (Å²) in [6.07, 6.45) is -2.79. The molecule has 1 aliphatic rings. The zero-order chi connectivity index (χ0) is 13.3. The lowest BCUT2D eigenvalue weighted by Gasteiger charge is -2.21. The van der Waals surface area contributed by atoms with Gasteiger partial charge in [0.1, 0.15) is 12.0 Å². The second-order valence-corrected chi connectivity index (χ2v) is 3.98. The van der Waals surface area contributed by atoms with Crippen LogP contribution in [0.5, 0.6) is 0 Å². The normalized spacial score (nSPS) is 23.9. The molecule has 0 aliphatic heterocycles. The summed E-state index contributed by atoms with van der Waals surface area (Å²) < 4.78 is 64.6. The van der Waals surface area contributed by atoms with Crippen molar-refractivity contribution in [2.75, 3.05) is 0 Å². The molecular weight excluding hydrogens is 251 g/mol. The van der Waals surface area contributed by atoms with Crippen LogP contribution in [-0.4, -0.2) is 6.17 Å². The van der Waals surface area contributed by atoms with E-state index in [0.29, 0.717) is 0 Å². The zero-order valence-electron chi connectivity index (χ0n) is 9.09. The van der Waals surface area contributed by atoms with Crippen LogP contribution in [0.4, 0.5) is 22.0 Å². The molecule has 0 radical (unpaired) electrons. The maximum Gasteiger partial charge on any atom is 0.416 e. The van der Waals surface area contributed by atoms with Crippen molar-refractivity contribution in [3.8, 4) is 0 Å². The fraction of sp³-hybridized carbons (Fsp3) is 0.231. The van der Waals surface area contributed by atoms with E-state index in [1.165, 1.54) is 12.1 Å². The molecular formula is C13H9F5. The smallest absolute Gasteiger partial charge is 0.242 e. The van der Waals surface area contributed by atoms with E-state index in [-0.39, 0.29) is 5.56 Å². The van der Waals surface area contributed by atoms with Gasteiger partial charge in [-0.15, -0.1) is 0 Å². The molecule has 2 unspecified atom stereocenters. The first kappa shape index (κ1) is 12.8. The third-order valence-corrected chi connectivity index (χ3v) is 2.74. The first-order chi connectivity index (χ1) is 8.39. The molecule has 96 valence electrons. The summed E-state index contributed by atoms with van der Waals surface area (Å²) in [5, 5.41) is 0. The number of benzene rings is 1. The van der Waals surface area contributed by atoms with Crippen LogP contribution in [0.1, 0.15) is 17.0 Å². The molecule has 2 rings (SSSR count). The van der Waals surface area contributed by atoms with E-state index in [9.17, 15) is 22.0 Å². The summed E-state index contributed by atoms with van der Waals surface area (Å²) in [6, 6.07) is 4.09.